The SMILES string of the molecule is O=C(O)[C@H]1C[C@H](C(=O)NCc2cccnc2)CN(C(=O)CCC2CC2)C1. The Labute approximate surface area is 152 Å². The van der Waals surface area contributed by atoms with Gasteiger partial charge in [0.15, 0.2) is 0 Å². The van der Waals surface area contributed by atoms with Crippen molar-refractivity contribution in [1.29, 1.82) is 0 Å². The molecular weight excluding hydrogens is 334 g/mol. The molecule has 26 heavy (non-hydrogen) atoms. The zero-order valence-corrected chi connectivity index (χ0v) is 14.8. The third kappa shape index (κ3) is 5.03. The van der Waals surface area contributed by atoms with Gasteiger partial charge in [-0.1, -0.05) is 18.9 Å². The third-order valence-corrected chi connectivity index (χ3v) is 5.18. The van der Waals surface area contributed by atoms with Crippen LogP contribution in [0.1, 0.15) is 37.7 Å². The maximum absolute atomic E-state index is 12.5. The first kappa shape index (κ1) is 18.4. The average Bonchev–Trinajstić information content (AvgIpc) is 3.49. The lowest BCUT2D eigenvalue weighted by molar-refractivity contribution is -0.148. The van der Waals surface area contributed by atoms with E-state index in [1.54, 1.807) is 23.4 Å². The molecule has 1 aliphatic heterocycles. The molecule has 2 atom stereocenters. The monoisotopic (exact) mass is 359 g/mol. The second kappa shape index (κ2) is 8.29. The Bertz CT molecular complexity index is 660. The fraction of sp³-hybridized carbons (Fsp3) is 0.579. The summed E-state index contributed by atoms with van der Waals surface area (Å²) in [5, 5.41) is 12.2. The van der Waals surface area contributed by atoms with Crippen LogP contribution >= 0.6 is 0 Å². The molecule has 1 aliphatic carbocycles. The largest absolute Gasteiger partial charge is 0.481 e. The van der Waals surface area contributed by atoms with E-state index < -0.39 is 17.8 Å². The normalized spacial score (nSPS) is 22.7. The van der Waals surface area contributed by atoms with E-state index >= 15 is 0 Å². The number of carboxylic acids is 1. The number of carbonyl (C=O) groups excluding carboxylic acids is 2. The summed E-state index contributed by atoms with van der Waals surface area (Å²) < 4.78 is 0. The van der Waals surface area contributed by atoms with Gasteiger partial charge < -0.3 is 15.3 Å². The van der Waals surface area contributed by atoms with Gasteiger partial charge in [0.1, 0.15) is 0 Å². The molecule has 2 fully saturated rings. The van der Waals surface area contributed by atoms with Crippen LogP contribution in [0.2, 0.25) is 0 Å². The quantitative estimate of drug-likeness (QED) is 0.767. The van der Waals surface area contributed by atoms with Crippen molar-refractivity contribution in [3.63, 3.8) is 0 Å². The highest BCUT2D eigenvalue weighted by Gasteiger charge is 2.37. The van der Waals surface area contributed by atoms with Crippen LogP contribution in [0, 0.1) is 17.8 Å². The Morgan fingerprint density at radius 1 is 1.23 bits per heavy atom. The van der Waals surface area contributed by atoms with E-state index in [1.807, 2.05) is 6.07 Å². The molecular formula is C19H25N3O4. The van der Waals surface area contributed by atoms with Gasteiger partial charge in [-0.15, -0.1) is 0 Å². The first-order chi connectivity index (χ1) is 12.5. The summed E-state index contributed by atoms with van der Waals surface area (Å²) in [6.07, 6.45) is 7.28. The molecule has 3 rings (SSSR count). The van der Waals surface area contributed by atoms with E-state index in [1.165, 1.54) is 12.8 Å². The zero-order valence-electron chi connectivity index (χ0n) is 14.8. The van der Waals surface area contributed by atoms with Crippen molar-refractivity contribution >= 4 is 17.8 Å². The number of nitrogens with zero attached hydrogens (tertiary/aromatic N) is 2. The number of piperidine rings is 1. The van der Waals surface area contributed by atoms with Crippen LogP contribution in [0.15, 0.2) is 24.5 Å². The molecule has 0 spiro atoms. The summed E-state index contributed by atoms with van der Waals surface area (Å²) in [4.78, 5) is 42.0. The predicted molar refractivity (Wildman–Crippen MR) is 93.9 cm³/mol. The first-order valence-corrected chi connectivity index (χ1v) is 9.20. The van der Waals surface area contributed by atoms with Crippen molar-refractivity contribution in [2.45, 2.75) is 38.6 Å². The zero-order chi connectivity index (χ0) is 18.5. The molecule has 0 unspecified atom stereocenters. The minimum Gasteiger partial charge on any atom is -0.481 e. The predicted octanol–water partition coefficient (Wildman–Crippen LogP) is 1.44. The molecule has 2 N–H and O–H groups in total. The number of rotatable bonds is 7. The van der Waals surface area contributed by atoms with E-state index in [9.17, 15) is 19.5 Å². The van der Waals surface area contributed by atoms with Crippen LogP contribution < -0.4 is 5.32 Å². The van der Waals surface area contributed by atoms with Crippen molar-refractivity contribution in [3.8, 4) is 0 Å². The Balaban J connectivity index is 1.57. The lowest BCUT2D eigenvalue weighted by Crippen LogP contribution is -2.50. The van der Waals surface area contributed by atoms with Gasteiger partial charge in [-0.2, -0.15) is 0 Å². The van der Waals surface area contributed by atoms with Crippen molar-refractivity contribution in [3.05, 3.63) is 30.1 Å². The van der Waals surface area contributed by atoms with E-state index in [2.05, 4.69) is 10.3 Å². The van der Waals surface area contributed by atoms with Gasteiger partial charge in [0.2, 0.25) is 11.8 Å². The highest BCUT2D eigenvalue weighted by atomic mass is 16.4. The molecule has 0 radical (unpaired) electrons. The topological polar surface area (TPSA) is 99.6 Å². The van der Waals surface area contributed by atoms with Crippen LogP contribution in [-0.4, -0.2) is 45.9 Å². The van der Waals surface area contributed by atoms with Crippen LogP contribution in [0.3, 0.4) is 0 Å². The number of nitrogens with one attached hydrogen (secondary N) is 1. The molecule has 0 aromatic carbocycles. The molecule has 7 nitrogen and oxygen atoms in total. The number of pyridine rings is 1. The van der Waals surface area contributed by atoms with E-state index in [-0.39, 0.29) is 24.8 Å². The maximum Gasteiger partial charge on any atom is 0.308 e. The number of carbonyl (C=O) groups is 3. The lowest BCUT2D eigenvalue weighted by Gasteiger charge is -2.35. The van der Waals surface area contributed by atoms with Crippen molar-refractivity contribution < 1.29 is 19.5 Å². The highest BCUT2D eigenvalue weighted by Crippen LogP contribution is 2.34. The van der Waals surface area contributed by atoms with E-state index in [4.69, 9.17) is 0 Å². The van der Waals surface area contributed by atoms with Gasteiger partial charge in [-0.25, -0.2) is 0 Å². The van der Waals surface area contributed by atoms with Crippen LogP contribution in [0.25, 0.3) is 0 Å². The fourth-order valence-corrected chi connectivity index (χ4v) is 3.40. The Morgan fingerprint density at radius 3 is 2.65 bits per heavy atom. The summed E-state index contributed by atoms with van der Waals surface area (Å²) in [5.41, 5.74) is 0.879. The van der Waals surface area contributed by atoms with Crippen molar-refractivity contribution in [2.75, 3.05) is 13.1 Å². The van der Waals surface area contributed by atoms with Gasteiger partial charge in [0.05, 0.1) is 11.8 Å². The van der Waals surface area contributed by atoms with Gasteiger partial charge >= 0.3 is 5.97 Å². The van der Waals surface area contributed by atoms with Crippen LogP contribution in [-0.2, 0) is 20.9 Å². The molecule has 1 aromatic rings. The number of hydrogen-bond acceptors (Lipinski definition) is 4. The van der Waals surface area contributed by atoms with Gasteiger partial charge in [-0.3, -0.25) is 19.4 Å². The molecule has 140 valence electrons. The third-order valence-electron chi connectivity index (χ3n) is 5.18. The molecule has 2 heterocycles. The minimum absolute atomic E-state index is 0.0343. The second-order valence-corrected chi connectivity index (χ2v) is 7.33. The number of amides is 2. The van der Waals surface area contributed by atoms with E-state index in [0.717, 1.165) is 12.0 Å². The fourth-order valence-electron chi connectivity index (χ4n) is 3.40. The summed E-state index contributed by atoms with van der Waals surface area (Å²) in [5.74, 6) is -1.73. The Morgan fingerprint density at radius 2 is 2.00 bits per heavy atom. The summed E-state index contributed by atoms with van der Waals surface area (Å²) in [7, 11) is 0. The first-order valence-electron chi connectivity index (χ1n) is 9.20. The minimum atomic E-state index is -0.949. The van der Waals surface area contributed by atoms with Gasteiger partial charge in [0.25, 0.3) is 0 Å². The van der Waals surface area contributed by atoms with Crippen LogP contribution in [0.4, 0.5) is 0 Å². The Hall–Kier alpha value is -2.44. The average molecular weight is 359 g/mol. The summed E-state index contributed by atoms with van der Waals surface area (Å²) >= 11 is 0. The summed E-state index contributed by atoms with van der Waals surface area (Å²) in [6, 6.07) is 3.66. The Kier molecular flexibility index (Phi) is 5.85. The smallest absolute Gasteiger partial charge is 0.308 e. The maximum atomic E-state index is 12.5. The molecule has 1 aromatic heterocycles. The van der Waals surface area contributed by atoms with Crippen molar-refractivity contribution in [2.24, 2.45) is 17.8 Å². The van der Waals surface area contributed by atoms with Gasteiger partial charge in [0, 0.05) is 38.4 Å². The second-order valence-electron chi connectivity index (χ2n) is 7.33. The number of hydrogen-bond donors (Lipinski definition) is 2. The number of aromatic nitrogens is 1. The molecule has 7 heteroatoms. The number of carboxylic acid groups (broad SMARTS) is 1. The standard InChI is InChI=1S/C19H25N3O4/c23-17(6-5-13-3-4-13)22-11-15(8-16(12-22)19(25)26)18(24)21-10-14-2-1-7-20-9-14/h1-2,7,9,13,15-16H,3-6,8,10-12H2,(H,21,24)(H,25,26)/t15-,16-/m0/s1. The van der Waals surface area contributed by atoms with Crippen molar-refractivity contribution in [1.82, 2.24) is 15.2 Å². The number of aliphatic carboxylic acids is 1. The number of likely N-dealkylation sites (tertiary alicyclic amines) is 1. The molecule has 1 saturated carbocycles. The van der Waals surface area contributed by atoms with Crippen LogP contribution in [0.5, 0.6) is 0 Å². The highest BCUT2D eigenvalue weighted by molar-refractivity contribution is 5.83. The molecule has 2 amide bonds. The van der Waals surface area contributed by atoms with E-state index in [0.29, 0.717) is 25.4 Å². The van der Waals surface area contributed by atoms with Gasteiger partial charge in [-0.05, 0) is 30.4 Å². The lowest BCUT2D eigenvalue weighted by atomic mass is 9.88. The molecule has 0 bridgehead atoms. The molecule has 1 saturated heterocycles. The molecule has 2 aliphatic rings. The summed E-state index contributed by atoms with van der Waals surface area (Å²) in [6.45, 7) is 0.841.